The third-order valence-electron chi connectivity index (χ3n) is 1.76. The number of Topliss-reactive ketones (excluding diaryl/α,β-unsaturated/α-hetero) is 1. The van der Waals surface area contributed by atoms with Crippen LogP contribution in [0.3, 0.4) is 0 Å². The molecule has 0 saturated carbocycles. The maximum absolute atomic E-state index is 11.3. The van der Waals surface area contributed by atoms with Crippen LogP contribution in [0.2, 0.25) is 0 Å². The van der Waals surface area contributed by atoms with E-state index in [2.05, 4.69) is 4.74 Å². The molecule has 0 aliphatic carbocycles. The lowest BCUT2D eigenvalue weighted by atomic mass is 10.2. The van der Waals surface area contributed by atoms with Crippen molar-refractivity contribution in [3.05, 3.63) is 21.4 Å². The van der Waals surface area contributed by atoms with Gasteiger partial charge < -0.3 is 4.74 Å². The lowest BCUT2D eigenvalue weighted by Gasteiger charge is -1.93. The first kappa shape index (κ1) is 9.92. The molecule has 0 unspecified atom stereocenters. The molecule has 1 aromatic heterocycles. The fourth-order valence-corrected chi connectivity index (χ4v) is 1.84. The number of thiophene rings is 1. The maximum atomic E-state index is 11.3. The van der Waals surface area contributed by atoms with Gasteiger partial charge in [-0.1, -0.05) is 0 Å². The van der Waals surface area contributed by atoms with E-state index < -0.39 is 11.8 Å². The minimum Gasteiger partial charge on any atom is -0.463 e. The van der Waals surface area contributed by atoms with E-state index in [9.17, 15) is 9.59 Å². The van der Waals surface area contributed by atoms with Gasteiger partial charge in [-0.25, -0.2) is 4.79 Å². The van der Waals surface area contributed by atoms with Crippen LogP contribution in [0, 0.1) is 13.8 Å². The first-order valence-corrected chi connectivity index (χ1v) is 4.57. The number of ketones is 1. The number of esters is 1. The maximum Gasteiger partial charge on any atom is 0.380 e. The molecule has 70 valence electrons. The summed E-state index contributed by atoms with van der Waals surface area (Å²) in [5, 5.41) is 0. The van der Waals surface area contributed by atoms with Crippen molar-refractivity contribution in [3.63, 3.8) is 0 Å². The average Bonchev–Trinajstić information content (AvgIpc) is 2.44. The Morgan fingerprint density at radius 2 is 2.00 bits per heavy atom. The zero-order chi connectivity index (χ0) is 10.0. The third kappa shape index (κ3) is 1.95. The van der Waals surface area contributed by atoms with Gasteiger partial charge in [-0.2, -0.15) is 0 Å². The van der Waals surface area contributed by atoms with E-state index in [1.807, 2.05) is 13.8 Å². The topological polar surface area (TPSA) is 43.4 Å². The monoisotopic (exact) mass is 198 g/mol. The Bertz CT molecular complexity index is 332. The molecule has 1 heterocycles. The minimum atomic E-state index is -0.804. The second-order valence-electron chi connectivity index (χ2n) is 2.67. The van der Waals surface area contributed by atoms with Crippen molar-refractivity contribution in [3.8, 4) is 0 Å². The summed E-state index contributed by atoms with van der Waals surface area (Å²) in [5.74, 6) is -1.37. The lowest BCUT2D eigenvalue weighted by molar-refractivity contribution is -0.135. The number of hydrogen-bond donors (Lipinski definition) is 0. The highest BCUT2D eigenvalue weighted by molar-refractivity contribution is 7.14. The first-order chi connectivity index (χ1) is 6.06. The van der Waals surface area contributed by atoms with Crippen molar-refractivity contribution >= 4 is 23.1 Å². The summed E-state index contributed by atoms with van der Waals surface area (Å²) in [5.41, 5.74) is 1.03. The SMILES string of the molecule is COC(=O)C(=O)c1cc(C)c(C)s1. The number of aryl methyl sites for hydroxylation is 2. The molecular formula is C9H10O3S. The molecule has 0 aromatic carbocycles. The van der Waals surface area contributed by atoms with Gasteiger partial charge in [0.25, 0.3) is 5.78 Å². The number of ether oxygens (including phenoxy) is 1. The Labute approximate surface area is 80.3 Å². The standard InChI is InChI=1S/C9H10O3S/c1-5-4-7(13-6(5)2)8(10)9(11)12-3/h4H,1-3H3. The van der Waals surface area contributed by atoms with Gasteiger partial charge in [0.15, 0.2) is 0 Å². The summed E-state index contributed by atoms with van der Waals surface area (Å²) in [7, 11) is 1.20. The van der Waals surface area contributed by atoms with E-state index in [0.717, 1.165) is 10.4 Å². The number of carbonyl (C=O) groups excluding carboxylic acids is 2. The molecule has 0 spiro atoms. The fraction of sp³-hybridized carbons (Fsp3) is 0.333. The van der Waals surface area contributed by atoms with Crippen LogP contribution >= 0.6 is 11.3 Å². The van der Waals surface area contributed by atoms with Crippen LogP contribution in [0.15, 0.2) is 6.07 Å². The summed E-state index contributed by atoms with van der Waals surface area (Å²) in [6, 6.07) is 1.71. The highest BCUT2D eigenvalue weighted by Gasteiger charge is 2.19. The molecule has 0 aliphatic heterocycles. The highest BCUT2D eigenvalue weighted by Crippen LogP contribution is 2.21. The van der Waals surface area contributed by atoms with Crippen molar-refractivity contribution in [1.29, 1.82) is 0 Å². The summed E-state index contributed by atoms with van der Waals surface area (Å²) in [6.07, 6.45) is 0. The Hall–Kier alpha value is -1.16. The largest absolute Gasteiger partial charge is 0.463 e. The molecule has 4 heteroatoms. The fourth-order valence-electron chi connectivity index (χ4n) is 0.878. The first-order valence-electron chi connectivity index (χ1n) is 3.76. The minimum absolute atomic E-state index is 0.446. The van der Waals surface area contributed by atoms with Gasteiger partial charge >= 0.3 is 5.97 Å². The zero-order valence-corrected chi connectivity index (χ0v) is 8.53. The quantitative estimate of drug-likeness (QED) is 0.413. The molecule has 0 atom stereocenters. The van der Waals surface area contributed by atoms with E-state index in [0.29, 0.717) is 4.88 Å². The molecule has 0 saturated heterocycles. The van der Waals surface area contributed by atoms with Gasteiger partial charge in [-0.15, -0.1) is 11.3 Å². The lowest BCUT2D eigenvalue weighted by Crippen LogP contribution is -2.14. The third-order valence-corrected chi connectivity index (χ3v) is 2.91. The zero-order valence-electron chi connectivity index (χ0n) is 7.71. The molecule has 13 heavy (non-hydrogen) atoms. The number of hydrogen-bond acceptors (Lipinski definition) is 4. The van der Waals surface area contributed by atoms with Crippen LogP contribution in [0.25, 0.3) is 0 Å². The normalized spacial score (nSPS) is 9.77. The Kier molecular flexibility index (Phi) is 2.83. The van der Waals surface area contributed by atoms with Crippen LogP contribution in [0.4, 0.5) is 0 Å². The van der Waals surface area contributed by atoms with E-state index in [4.69, 9.17) is 0 Å². The van der Waals surface area contributed by atoms with E-state index in [-0.39, 0.29) is 0 Å². The predicted molar refractivity (Wildman–Crippen MR) is 50.1 cm³/mol. The number of carbonyl (C=O) groups is 2. The van der Waals surface area contributed by atoms with Gasteiger partial charge in [0.1, 0.15) is 0 Å². The van der Waals surface area contributed by atoms with Crippen LogP contribution in [0.1, 0.15) is 20.1 Å². The highest BCUT2D eigenvalue weighted by atomic mass is 32.1. The van der Waals surface area contributed by atoms with Crippen molar-refractivity contribution in [2.75, 3.05) is 7.11 Å². The summed E-state index contributed by atoms with van der Waals surface area (Å²) >= 11 is 1.32. The molecule has 0 bridgehead atoms. The summed E-state index contributed by atoms with van der Waals surface area (Å²) in [6.45, 7) is 3.81. The van der Waals surface area contributed by atoms with E-state index in [1.165, 1.54) is 18.4 Å². The summed E-state index contributed by atoms with van der Waals surface area (Å²) < 4.78 is 4.33. The Balaban J connectivity index is 2.96. The molecule has 1 aromatic rings. The van der Waals surface area contributed by atoms with E-state index in [1.54, 1.807) is 6.07 Å². The van der Waals surface area contributed by atoms with Gasteiger partial charge in [0.2, 0.25) is 0 Å². The van der Waals surface area contributed by atoms with E-state index >= 15 is 0 Å². The smallest absolute Gasteiger partial charge is 0.380 e. The molecule has 3 nitrogen and oxygen atoms in total. The molecular weight excluding hydrogens is 188 g/mol. The molecule has 0 amide bonds. The van der Waals surface area contributed by atoms with Crippen LogP contribution in [0.5, 0.6) is 0 Å². The molecule has 0 aliphatic rings. The number of rotatable bonds is 2. The van der Waals surface area contributed by atoms with Crippen molar-refractivity contribution < 1.29 is 14.3 Å². The van der Waals surface area contributed by atoms with Crippen LogP contribution in [-0.4, -0.2) is 18.9 Å². The second-order valence-corrected chi connectivity index (χ2v) is 3.93. The predicted octanol–water partition coefficient (Wildman–Crippen LogP) is 1.72. The van der Waals surface area contributed by atoms with Crippen molar-refractivity contribution in [2.24, 2.45) is 0 Å². The van der Waals surface area contributed by atoms with Crippen LogP contribution in [-0.2, 0) is 9.53 Å². The Morgan fingerprint density at radius 3 is 2.38 bits per heavy atom. The Morgan fingerprint density at radius 1 is 1.38 bits per heavy atom. The van der Waals surface area contributed by atoms with Gasteiger partial charge in [-0.05, 0) is 25.5 Å². The molecule has 0 fully saturated rings. The second kappa shape index (κ2) is 3.70. The van der Waals surface area contributed by atoms with Gasteiger partial charge in [0.05, 0.1) is 12.0 Å². The van der Waals surface area contributed by atoms with Crippen molar-refractivity contribution in [2.45, 2.75) is 13.8 Å². The van der Waals surface area contributed by atoms with Crippen molar-refractivity contribution in [1.82, 2.24) is 0 Å². The van der Waals surface area contributed by atoms with Crippen LogP contribution < -0.4 is 0 Å². The van der Waals surface area contributed by atoms with Gasteiger partial charge in [-0.3, -0.25) is 4.79 Å². The molecule has 1 rings (SSSR count). The molecule has 0 radical (unpaired) electrons. The number of methoxy groups -OCH3 is 1. The average molecular weight is 198 g/mol. The van der Waals surface area contributed by atoms with Gasteiger partial charge in [0, 0.05) is 4.88 Å². The summed E-state index contributed by atoms with van der Waals surface area (Å²) in [4.78, 5) is 23.6. The molecule has 0 N–H and O–H groups in total.